The number of nitrogens with two attached hydrogens (primary N) is 1. The lowest BCUT2D eigenvalue weighted by atomic mass is 10.3. The van der Waals surface area contributed by atoms with Crippen molar-refractivity contribution in [3.8, 4) is 11.9 Å². The molecule has 3 rings (SSSR count). The van der Waals surface area contributed by atoms with E-state index in [1.54, 1.807) is 47.5 Å². The Kier molecular flexibility index (Phi) is 4.48. The van der Waals surface area contributed by atoms with E-state index in [4.69, 9.17) is 11.0 Å². The second-order valence-electron chi connectivity index (χ2n) is 4.79. The molecule has 0 bridgehead atoms. The molecule has 0 aliphatic heterocycles. The smallest absolute Gasteiger partial charge is 0.224 e. The van der Waals surface area contributed by atoms with Crippen molar-refractivity contribution in [2.24, 2.45) is 0 Å². The minimum absolute atomic E-state index is 0.162. The molecule has 0 aromatic carbocycles. The van der Waals surface area contributed by atoms with Crippen LogP contribution in [0.2, 0.25) is 0 Å². The lowest BCUT2D eigenvalue weighted by Crippen LogP contribution is -2.16. The number of nitrogens with one attached hydrogen (secondary N) is 2. The van der Waals surface area contributed by atoms with Crippen molar-refractivity contribution in [1.82, 2.24) is 24.7 Å². The van der Waals surface area contributed by atoms with Crippen LogP contribution >= 0.6 is 0 Å². The van der Waals surface area contributed by atoms with Crippen LogP contribution in [0.5, 0.6) is 0 Å². The summed E-state index contributed by atoms with van der Waals surface area (Å²) in [7, 11) is 0. The van der Waals surface area contributed by atoms with Crippen LogP contribution in [-0.4, -0.2) is 37.8 Å². The zero-order valence-corrected chi connectivity index (χ0v) is 12.7. The minimum atomic E-state index is 0.162. The summed E-state index contributed by atoms with van der Waals surface area (Å²) >= 11 is 0. The molecule has 0 atom stereocenters. The predicted molar refractivity (Wildman–Crippen MR) is 89.5 cm³/mol. The second-order valence-corrected chi connectivity index (χ2v) is 4.79. The van der Waals surface area contributed by atoms with Crippen molar-refractivity contribution >= 4 is 17.6 Å². The molecule has 0 fully saturated rings. The summed E-state index contributed by atoms with van der Waals surface area (Å²) < 4.78 is 1.61. The first-order valence-corrected chi connectivity index (χ1v) is 7.23. The Hall–Kier alpha value is -3.67. The third-order valence-corrected chi connectivity index (χ3v) is 3.12. The average molecular weight is 321 g/mol. The van der Waals surface area contributed by atoms with Gasteiger partial charge in [0.25, 0.3) is 0 Å². The topological polar surface area (TPSA) is 130 Å². The lowest BCUT2D eigenvalue weighted by molar-refractivity contribution is 0.842. The van der Waals surface area contributed by atoms with Gasteiger partial charge in [-0.2, -0.15) is 20.3 Å². The van der Waals surface area contributed by atoms with Gasteiger partial charge in [-0.1, -0.05) is 0 Å². The highest BCUT2D eigenvalue weighted by Crippen LogP contribution is 2.12. The maximum Gasteiger partial charge on any atom is 0.224 e. The lowest BCUT2D eigenvalue weighted by Gasteiger charge is -2.10. The zero-order chi connectivity index (χ0) is 16.8. The first kappa shape index (κ1) is 15.2. The van der Waals surface area contributed by atoms with Gasteiger partial charge >= 0.3 is 0 Å². The first-order valence-electron chi connectivity index (χ1n) is 7.23. The van der Waals surface area contributed by atoms with Crippen LogP contribution in [0.1, 0.15) is 5.56 Å². The number of hydrogen-bond acceptors (Lipinski definition) is 8. The molecule has 3 aromatic rings. The molecular weight excluding hydrogens is 306 g/mol. The fourth-order valence-electron chi connectivity index (χ4n) is 2.07. The van der Waals surface area contributed by atoms with Crippen LogP contribution in [0.25, 0.3) is 5.82 Å². The van der Waals surface area contributed by atoms with Crippen molar-refractivity contribution in [3.63, 3.8) is 0 Å². The Morgan fingerprint density at radius 3 is 2.83 bits per heavy atom. The molecule has 0 spiro atoms. The summed E-state index contributed by atoms with van der Waals surface area (Å²) in [5, 5.41) is 19.4. The summed E-state index contributed by atoms with van der Waals surface area (Å²) in [6.07, 6.45) is 5.07. The summed E-state index contributed by atoms with van der Waals surface area (Å²) in [4.78, 5) is 12.4. The molecule has 9 heteroatoms. The minimum Gasteiger partial charge on any atom is -0.368 e. The molecule has 0 radical (unpaired) electrons. The summed E-state index contributed by atoms with van der Waals surface area (Å²) in [6, 6.07) is 9.09. The van der Waals surface area contributed by atoms with E-state index in [1.165, 1.54) is 0 Å². The van der Waals surface area contributed by atoms with E-state index in [0.717, 1.165) is 0 Å². The standard InChI is InChI=1S/C15H15N9/c16-10-11-3-1-4-19-14(11)20-7-6-18-12-9-13(23-15(17)22-12)24-8-2-5-21-24/h1-5,8-9H,6-7H2,(H,19,20)(H3,17,18,22,23). The third-order valence-electron chi connectivity index (χ3n) is 3.12. The highest BCUT2D eigenvalue weighted by Gasteiger charge is 2.05. The third kappa shape index (κ3) is 3.56. The van der Waals surface area contributed by atoms with Crippen LogP contribution in [0.15, 0.2) is 42.9 Å². The zero-order valence-electron chi connectivity index (χ0n) is 12.7. The van der Waals surface area contributed by atoms with Crippen LogP contribution in [0.3, 0.4) is 0 Å². The Morgan fingerprint density at radius 2 is 2.04 bits per heavy atom. The van der Waals surface area contributed by atoms with E-state index in [2.05, 4.69) is 36.8 Å². The van der Waals surface area contributed by atoms with Crippen LogP contribution < -0.4 is 16.4 Å². The maximum atomic E-state index is 9.02. The number of nitriles is 1. The van der Waals surface area contributed by atoms with Gasteiger partial charge in [-0.15, -0.1) is 0 Å². The Bertz CT molecular complexity index is 852. The summed E-state index contributed by atoms with van der Waals surface area (Å²) in [5.74, 6) is 1.90. The van der Waals surface area contributed by atoms with Gasteiger partial charge in [-0.25, -0.2) is 9.67 Å². The van der Waals surface area contributed by atoms with Crippen LogP contribution in [0, 0.1) is 11.3 Å². The van der Waals surface area contributed by atoms with E-state index in [-0.39, 0.29) is 5.95 Å². The molecule has 0 aliphatic carbocycles. The molecule has 0 saturated carbocycles. The predicted octanol–water partition coefficient (Wildman–Crippen LogP) is 1.04. The Balaban J connectivity index is 1.60. The van der Waals surface area contributed by atoms with Crippen LogP contribution in [0.4, 0.5) is 17.6 Å². The molecule has 3 heterocycles. The van der Waals surface area contributed by atoms with Gasteiger partial charge in [0.1, 0.15) is 17.7 Å². The highest BCUT2D eigenvalue weighted by atomic mass is 15.3. The van der Waals surface area contributed by atoms with Gasteiger partial charge < -0.3 is 16.4 Å². The van der Waals surface area contributed by atoms with Gasteiger partial charge in [-0.3, -0.25) is 0 Å². The monoisotopic (exact) mass is 321 g/mol. The van der Waals surface area contributed by atoms with Gasteiger partial charge in [0.05, 0.1) is 5.56 Å². The fraction of sp³-hybridized carbons (Fsp3) is 0.133. The van der Waals surface area contributed by atoms with Gasteiger partial charge in [0.2, 0.25) is 5.95 Å². The normalized spacial score (nSPS) is 10.1. The van der Waals surface area contributed by atoms with E-state index in [1.807, 2.05) is 0 Å². The maximum absolute atomic E-state index is 9.02. The summed E-state index contributed by atoms with van der Waals surface area (Å²) in [5.41, 5.74) is 6.24. The molecule has 9 nitrogen and oxygen atoms in total. The van der Waals surface area contributed by atoms with E-state index in [0.29, 0.717) is 36.1 Å². The van der Waals surface area contributed by atoms with Crippen molar-refractivity contribution < 1.29 is 0 Å². The van der Waals surface area contributed by atoms with Gasteiger partial charge in [0, 0.05) is 37.7 Å². The average Bonchev–Trinajstić information content (AvgIpc) is 3.13. The number of nitrogen functional groups attached to an aromatic ring is 1. The van der Waals surface area contributed by atoms with Gasteiger partial charge in [0.15, 0.2) is 5.82 Å². The molecule has 24 heavy (non-hydrogen) atoms. The molecule has 0 saturated heterocycles. The van der Waals surface area contributed by atoms with E-state index >= 15 is 0 Å². The SMILES string of the molecule is N#Cc1cccnc1NCCNc1cc(-n2cccn2)nc(N)n1. The van der Waals surface area contributed by atoms with Crippen molar-refractivity contribution in [1.29, 1.82) is 5.26 Å². The first-order chi connectivity index (χ1) is 11.8. The molecule has 0 unspecified atom stereocenters. The van der Waals surface area contributed by atoms with E-state index in [9.17, 15) is 0 Å². The van der Waals surface area contributed by atoms with Crippen molar-refractivity contribution in [2.75, 3.05) is 29.5 Å². The molecular formula is C15H15N9. The number of rotatable bonds is 6. The molecule has 4 N–H and O–H groups in total. The quantitative estimate of drug-likeness (QED) is 0.574. The number of anilines is 3. The number of aromatic nitrogens is 5. The van der Waals surface area contributed by atoms with Crippen molar-refractivity contribution in [2.45, 2.75) is 0 Å². The number of pyridine rings is 1. The highest BCUT2D eigenvalue weighted by molar-refractivity contribution is 5.51. The fourth-order valence-corrected chi connectivity index (χ4v) is 2.07. The molecule has 120 valence electrons. The largest absolute Gasteiger partial charge is 0.368 e. The Morgan fingerprint density at radius 1 is 1.17 bits per heavy atom. The number of nitrogens with zero attached hydrogens (tertiary/aromatic N) is 6. The Labute approximate surface area is 138 Å². The number of hydrogen-bond donors (Lipinski definition) is 3. The molecule has 0 aliphatic rings. The van der Waals surface area contributed by atoms with Crippen molar-refractivity contribution in [3.05, 3.63) is 48.4 Å². The van der Waals surface area contributed by atoms with Gasteiger partial charge in [-0.05, 0) is 18.2 Å². The molecule has 3 aromatic heterocycles. The second kappa shape index (κ2) is 7.06. The van der Waals surface area contributed by atoms with E-state index < -0.39 is 0 Å². The summed E-state index contributed by atoms with van der Waals surface area (Å²) in [6.45, 7) is 1.13. The van der Waals surface area contributed by atoms with Crippen LogP contribution in [-0.2, 0) is 0 Å². The molecule has 0 amide bonds.